The third-order valence-electron chi connectivity index (χ3n) is 4.36. The number of ether oxygens (including phenoxy) is 1. The average molecular weight is 362 g/mol. The van der Waals surface area contributed by atoms with Gasteiger partial charge in [0, 0.05) is 17.6 Å². The van der Waals surface area contributed by atoms with E-state index in [1.807, 2.05) is 31.2 Å². The topological polar surface area (TPSA) is 59.8 Å². The second kappa shape index (κ2) is 7.31. The zero-order valence-electron chi connectivity index (χ0n) is 14.2. The normalized spacial score (nSPS) is 18.7. The van der Waals surface area contributed by atoms with Crippen LogP contribution < -0.4 is 0 Å². The lowest BCUT2D eigenvalue weighted by molar-refractivity contribution is -0.153. The fourth-order valence-electron chi connectivity index (χ4n) is 2.55. The molecule has 1 heterocycles. The number of furan rings is 1. The Balaban J connectivity index is 1.52. The van der Waals surface area contributed by atoms with Crippen molar-refractivity contribution < 1.29 is 18.7 Å². The van der Waals surface area contributed by atoms with E-state index in [2.05, 4.69) is 0 Å². The van der Waals surface area contributed by atoms with Crippen LogP contribution in [0.4, 0.5) is 0 Å². The molecule has 1 saturated carbocycles. The molecular weight excluding hydrogens is 342 g/mol. The second-order valence-electron chi connectivity index (χ2n) is 6.45. The van der Waals surface area contributed by atoms with E-state index >= 15 is 0 Å². The smallest absolute Gasteiger partial charge is 0.309 e. The molecule has 1 aliphatic rings. The summed E-state index contributed by atoms with van der Waals surface area (Å²) in [6.45, 7) is 2.07. The van der Waals surface area contributed by atoms with Gasteiger partial charge in [-0.15, -0.1) is 0 Å². The van der Waals surface area contributed by atoms with Crippen molar-refractivity contribution in [3.63, 3.8) is 0 Å². The van der Waals surface area contributed by atoms with Gasteiger partial charge in [-0.1, -0.05) is 18.5 Å². The number of halogens is 1. The summed E-state index contributed by atoms with van der Waals surface area (Å²) in [6.07, 6.45) is 0.850. The summed E-state index contributed by atoms with van der Waals surface area (Å²) in [7, 11) is 1.65. The van der Waals surface area contributed by atoms with E-state index in [1.165, 1.54) is 4.90 Å². The van der Waals surface area contributed by atoms with Gasteiger partial charge in [-0.05, 0) is 48.7 Å². The number of carbonyl (C=O) groups is 2. The Morgan fingerprint density at radius 1 is 1.24 bits per heavy atom. The predicted octanol–water partition coefficient (Wildman–Crippen LogP) is 3.76. The Kier molecular flexibility index (Phi) is 5.13. The maximum atomic E-state index is 12.1. The molecule has 0 unspecified atom stereocenters. The number of amides is 1. The van der Waals surface area contributed by atoms with Crippen LogP contribution >= 0.6 is 11.6 Å². The van der Waals surface area contributed by atoms with Crippen LogP contribution in [0.15, 0.2) is 40.8 Å². The molecular formula is C19H20ClNO4. The Hall–Kier alpha value is -2.27. The minimum absolute atomic E-state index is 0.0369. The molecule has 25 heavy (non-hydrogen) atoms. The summed E-state index contributed by atoms with van der Waals surface area (Å²) in [4.78, 5) is 25.2. The van der Waals surface area contributed by atoms with Gasteiger partial charge in [0.25, 0.3) is 5.91 Å². The Labute approximate surface area is 151 Å². The third kappa shape index (κ3) is 4.42. The van der Waals surface area contributed by atoms with Gasteiger partial charge in [-0.25, -0.2) is 0 Å². The lowest BCUT2D eigenvalue weighted by Crippen LogP contribution is -2.31. The van der Waals surface area contributed by atoms with Gasteiger partial charge in [-0.2, -0.15) is 0 Å². The molecule has 132 valence electrons. The van der Waals surface area contributed by atoms with E-state index in [1.54, 1.807) is 19.2 Å². The number of benzene rings is 1. The highest BCUT2D eigenvalue weighted by molar-refractivity contribution is 6.30. The van der Waals surface area contributed by atoms with Crippen molar-refractivity contribution in [2.45, 2.75) is 19.9 Å². The van der Waals surface area contributed by atoms with Gasteiger partial charge in [0.15, 0.2) is 6.61 Å². The van der Waals surface area contributed by atoms with Gasteiger partial charge < -0.3 is 14.1 Å². The van der Waals surface area contributed by atoms with Gasteiger partial charge in [0.2, 0.25) is 0 Å². The summed E-state index contributed by atoms with van der Waals surface area (Å²) in [5, 5.41) is 0.663. The maximum absolute atomic E-state index is 12.1. The van der Waals surface area contributed by atoms with Crippen LogP contribution in [0.1, 0.15) is 19.1 Å². The number of hydrogen-bond donors (Lipinski definition) is 0. The largest absolute Gasteiger partial charge is 0.459 e. The molecule has 1 aliphatic carbocycles. The molecule has 0 bridgehead atoms. The molecule has 0 N–H and O–H groups in total. The molecule has 0 spiro atoms. The summed E-state index contributed by atoms with van der Waals surface area (Å²) in [5.41, 5.74) is 0.914. The van der Waals surface area contributed by atoms with Crippen LogP contribution in [0.5, 0.6) is 0 Å². The highest BCUT2D eigenvalue weighted by Crippen LogP contribution is 2.38. The maximum Gasteiger partial charge on any atom is 0.309 e. The second-order valence-corrected chi connectivity index (χ2v) is 6.89. The van der Waals surface area contributed by atoms with Crippen LogP contribution in [0.2, 0.25) is 5.02 Å². The highest BCUT2D eigenvalue weighted by atomic mass is 35.5. The first kappa shape index (κ1) is 17.5. The van der Waals surface area contributed by atoms with E-state index in [9.17, 15) is 9.59 Å². The molecule has 3 rings (SSSR count). The minimum atomic E-state index is -0.280. The van der Waals surface area contributed by atoms with Crippen molar-refractivity contribution in [3.05, 3.63) is 47.2 Å². The Morgan fingerprint density at radius 2 is 1.92 bits per heavy atom. The van der Waals surface area contributed by atoms with Crippen LogP contribution in [0, 0.1) is 11.8 Å². The van der Waals surface area contributed by atoms with Crippen LogP contribution in [-0.2, 0) is 20.9 Å². The van der Waals surface area contributed by atoms with E-state index in [-0.39, 0.29) is 24.4 Å². The molecule has 2 atom stereocenters. The molecule has 1 aromatic heterocycles. The number of carbonyl (C=O) groups excluding carboxylic acids is 2. The SMILES string of the molecule is C[C@H]1C[C@@H]1C(=O)OCC(=O)N(C)Cc1ccc(-c2ccc(Cl)cc2)o1. The number of nitrogens with zero attached hydrogens (tertiary/aromatic N) is 1. The molecule has 1 amide bonds. The quantitative estimate of drug-likeness (QED) is 0.735. The zero-order valence-corrected chi connectivity index (χ0v) is 15.0. The molecule has 0 aliphatic heterocycles. The lowest BCUT2D eigenvalue weighted by atomic mass is 10.2. The first-order valence-electron chi connectivity index (χ1n) is 8.19. The van der Waals surface area contributed by atoms with Gasteiger partial charge >= 0.3 is 5.97 Å². The number of likely N-dealkylation sites (N-methyl/N-ethyl adjacent to an activating group) is 1. The fraction of sp³-hybridized carbons (Fsp3) is 0.368. The molecule has 0 saturated heterocycles. The van der Waals surface area contributed by atoms with Crippen molar-refractivity contribution in [1.82, 2.24) is 4.90 Å². The summed E-state index contributed by atoms with van der Waals surface area (Å²) >= 11 is 5.88. The van der Waals surface area contributed by atoms with Crippen LogP contribution in [-0.4, -0.2) is 30.4 Å². The molecule has 6 heteroatoms. The molecule has 1 fully saturated rings. The third-order valence-corrected chi connectivity index (χ3v) is 4.61. The van der Waals surface area contributed by atoms with Crippen molar-refractivity contribution in [2.24, 2.45) is 11.8 Å². The van der Waals surface area contributed by atoms with Crippen LogP contribution in [0.3, 0.4) is 0 Å². The number of esters is 1. The first-order chi connectivity index (χ1) is 11.9. The molecule has 5 nitrogen and oxygen atoms in total. The highest BCUT2D eigenvalue weighted by Gasteiger charge is 2.40. The van der Waals surface area contributed by atoms with Gasteiger partial charge in [-0.3, -0.25) is 9.59 Å². The van der Waals surface area contributed by atoms with E-state index in [4.69, 9.17) is 20.8 Å². The predicted molar refractivity (Wildman–Crippen MR) is 93.9 cm³/mol. The summed E-state index contributed by atoms with van der Waals surface area (Å²) in [5.74, 6) is 1.16. The number of rotatable bonds is 6. The molecule has 0 radical (unpaired) electrons. The average Bonchev–Trinajstić information content (AvgIpc) is 3.15. The van der Waals surface area contributed by atoms with Gasteiger partial charge in [0.1, 0.15) is 11.5 Å². The summed E-state index contributed by atoms with van der Waals surface area (Å²) < 4.78 is 10.8. The Bertz CT molecular complexity index is 768. The van der Waals surface area contributed by atoms with E-state index in [0.717, 1.165) is 12.0 Å². The van der Waals surface area contributed by atoms with E-state index in [0.29, 0.717) is 29.0 Å². The van der Waals surface area contributed by atoms with Crippen molar-refractivity contribution in [1.29, 1.82) is 0 Å². The van der Waals surface area contributed by atoms with Gasteiger partial charge in [0.05, 0.1) is 12.5 Å². The standard InChI is InChI=1S/C19H20ClNO4/c1-12-9-16(12)19(23)24-11-18(22)21(2)10-15-7-8-17(25-15)13-3-5-14(20)6-4-13/h3-8,12,16H,9-11H2,1-2H3/t12-,16-/m0/s1. The van der Waals surface area contributed by atoms with Crippen molar-refractivity contribution in [3.8, 4) is 11.3 Å². The minimum Gasteiger partial charge on any atom is -0.459 e. The molecule has 2 aromatic rings. The lowest BCUT2D eigenvalue weighted by Gasteiger charge is -2.15. The first-order valence-corrected chi connectivity index (χ1v) is 8.57. The summed E-state index contributed by atoms with van der Waals surface area (Å²) in [6, 6.07) is 11.0. The Morgan fingerprint density at radius 3 is 2.56 bits per heavy atom. The van der Waals surface area contributed by atoms with Crippen LogP contribution in [0.25, 0.3) is 11.3 Å². The van der Waals surface area contributed by atoms with E-state index < -0.39 is 0 Å². The molecule has 1 aromatic carbocycles. The number of hydrogen-bond acceptors (Lipinski definition) is 4. The zero-order chi connectivity index (χ0) is 18.0. The van der Waals surface area contributed by atoms with Crippen molar-refractivity contribution >= 4 is 23.5 Å². The fourth-order valence-corrected chi connectivity index (χ4v) is 2.68. The monoisotopic (exact) mass is 361 g/mol. The van der Waals surface area contributed by atoms with Crippen molar-refractivity contribution in [2.75, 3.05) is 13.7 Å².